The number of carboxylic acid groups (broad SMARTS) is 1. The number of hydrogen-bond donors (Lipinski definition) is 7. The Hall–Kier alpha value is -4.26. The van der Waals surface area contributed by atoms with Crippen molar-refractivity contribution >= 4 is 29.6 Å². The predicted molar refractivity (Wildman–Crippen MR) is 128 cm³/mol. The minimum Gasteiger partial charge on any atom is -0.480 e. The number of aliphatic carboxylic acids is 1. The summed E-state index contributed by atoms with van der Waals surface area (Å²) in [6.45, 7) is 1.43. The third kappa shape index (κ3) is 9.18. The number of nitrogens with one attached hydrogen (secondary N) is 4. The van der Waals surface area contributed by atoms with E-state index in [4.69, 9.17) is 11.5 Å². The fraction of sp³-hybridized carbons (Fsp3) is 0.391. The molecule has 0 bridgehead atoms. The van der Waals surface area contributed by atoms with Crippen LogP contribution >= 0.6 is 0 Å². The zero-order valence-electron chi connectivity index (χ0n) is 19.8. The fourth-order valence-electron chi connectivity index (χ4n) is 3.29. The molecule has 0 radical (unpaired) electrons. The summed E-state index contributed by atoms with van der Waals surface area (Å²) in [6.07, 6.45) is 2.60. The molecule has 0 aliphatic rings. The highest BCUT2D eigenvalue weighted by Crippen LogP contribution is 2.05. The Morgan fingerprint density at radius 1 is 0.972 bits per heavy atom. The van der Waals surface area contributed by atoms with Crippen molar-refractivity contribution in [1.29, 1.82) is 0 Å². The van der Waals surface area contributed by atoms with Crippen molar-refractivity contribution in [1.82, 2.24) is 25.9 Å². The van der Waals surface area contributed by atoms with Crippen molar-refractivity contribution in [2.45, 2.75) is 56.8 Å². The first-order valence-corrected chi connectivity index (χ1v) is 11.3. The van der Waals surface area contributed by atoms with E-state index in [2.05, 4.69) is 25.9 Å². The Morgan fingerprint density at radius 2 is 1.64 bits per heavy atom. The van der Waals surface area contributed by atoms with Gasteiger partial charge in [-0.1, -0.05) is 30.3 Å². The second-order valence-corrected chi connectivity index (χ2v) is 8.27. The molecule has 4 unspecified atom stereocenters. The second-order valence-electron chi connectivity index (χ2n) is 8.27. The first-order valence-electron chi connectivity index (χ1n) is 11.3. The van der Waals surface area contributed by atoms with Crippen molar-refractivity contribution in [3.8, 4) is 0 Å². The van der Waals surface area contributed by atoms with Gasteiger partial charge >= 0.3 is 5.97 Å². The monoisotopic (exact) mass is 501 g/mol. The maximum atomic E-state index is 12.9. The average molecular weight is 502 g/mol. The van der Waals surface area contributed by atoms with Crippen molar-refractivity contribution in [3.63, 3.8) is 0 Å². The van der Waals surface area contributed by atoms with E-state index in [0.717, 1.165) is 5.56 Å². The van der Waals surface area contributed by atoms with Gasteiger partial charge < -0.3 is 37.5 Å². The normalized spacial score (nSPS) is 14.1. The number of aromatic nitrogens is 2. The smallest absolute Gasteiger partial charge is 0.326 e. The van der Waals surface area contributed by atoms with Gasteiger partial charge in [0.15, 0.2) is 0 Å². The van der Waals surface area contributed by atoms with Gasteiger partial charge in [-0.15, -0.1) is 0 Å². The Kier molecular flexibility index (Phi) is 10.6. The van der Waals surface area contributed by atoms with Crippen molar-refractivity contribution in [2.75, 3.05) is 0 Å². The number of amides is 4. The average Bonchev–Trinajstić information content (AvgIpc) is 3.34. The highest BCUT2D eigenvalue weighted by Gasteiger charge is 2.29. The SMILES string of the molecule is CC(NC(=O)C(N)Cc1ccccc1)C(=O)NC(Cc1cnc[nH]1)C(=O)NC(CCC(N)=O)C(=O)O. The zero-order chi connectivity index (χ0) is 26.7. The Bertz CT molecular complexity index is 1040. The van der Waals surface area contributed by atoms with E-state index in [0.29, 0.717) is 5.69 Å². The minimum atomic E-state index is -1.39. The molecule has 2 rings (SSSR count). The van der Waals surface area contributed by atoms with E-state index >= 15 is 0 Å². The van der Waals surface area contributed by atoms with Crippen LogP contribution in [0.5, 0.6) is 0 Å². The number of aromatic amines is 1. The van der Waals surface area contributed by atoms with Crippen LogP contribution in [0.4, 0.5) is 0 Å². The van der Waals surface area contributed by atoms with Gasteiger partial charge in [0.25, 0.3) is 0 Å². The number of carboxylic acids is 1. The standard InChI is InChI=1S/C23H31N7O6/c1-13(28-21(33)16(24)9-14-5-3-2-4-6-14)20(32)30-18(10-15-11-26-12-27-15)22(34)29-17(23(35)36)7-8-19(25)31/h2-6,11-13,16-18H,7-10,24H2,1H3,(H2,25,31)(H,26,27)(H,28,33)(H,29,34)(H,30,32)(H,35,36). The van der Waals surface area contributed by atoms with Crippen molar-refractivity contribution in [2.24, 2.45) is 11.5 Å². The molecule has 0 saturated carbocycles. The molecular formula is C23H31N7O6. The summed E-state index contributed by atoms with van der Waals surface area (Å²) in [5.41, 5.74) is 12.4. The quantitative estimate of drug-likeness (QED) is 0.158. The summed E-state index contributed by atoms with van der Waals surface area (Å²) in [6, 6.07) is 4.62. The highest BCUT2D eigenvalue weighted by molar-refractivity contribution is 5.94. The number of hydrogen-bond acceptors (Lipinski definition) is 7. The molecule has 4 atom stereocenters. The molecule has 194 valence electrons. The molecule has 0 aliphatic heterocycles. The molecule has 2 aromatic rings. The molecule has 1 aromatic carbocycles. The van der Waals surface area contributed by atoms with Crippen LogP contribution in [-0.4, -0.2) is 68.8 Å². The van der Waals surface area contributed by atoms with Crippen molar-refractivity contribution in [3.05, 3.63) is 54.1 Å². The summed E-state index contributed by atoms with van der Waals surface area (Å²) in [5, 5.41) is 16.7. The molecular weight excluding hydrogens is 470 g/mol. The van der Waals surface area contributed by atoms with E-state index in [9.17, 15) is 29.1 Å². The number of H-pyrrole nitrogens is 1. The van der Waals surface area contributed by atoms with Gasteiger partial charge in [0.2, 0.25) is 23.6 Å². The van der Waals surface area contributed by atoms with Gasteiger partial charge in [-0.25, -0.2) is 9.78 Å². The lowest BCUT2D eigenvalue weighted by molar-refractivity contribution is -0.142. The number of nitrogens with zero attached hydrogens (tertiary/aromatic N) is 1. The largest absolute Gasteiger partial charge is 0.480 e. The summed E-state index contributed by atoms with van der Waals surface area (Å²) >= 11 is 0. The van der Waals surface area contributed by atoms with Crippen LogP contribution in [0.3, 0.4) is 0 Å². The number of benzene rings is 1. The van der Waals surface area contributed by atoms with E-state index in [1.54, 1.807) is 0 Å². The molecule has 0 aliphatic carbocycles. The van der Waals surface area contributed by atoms with Crippen LogP contribution in [0, 0.1) is 0 Å². The summed E-state index contributed by atoms with van der Waals surface area (Å²) in [7, 11) is 0. The lowest BCUT2D eigenvalue weighted by Gasteiger charge is -2.23. The first-order chi connectivity index (χ1) is 17.1. The van der Waals surface area contributed by atoms with Crippen LogP contribution in [-0.2, 0) is 36.8 Å². The van der Waals surface area contributed by atoms with E-state index < -0.39 is 53.8 Å². The lowest BCUT2D eigenvalue weighted by atomic mass is 10.1. The molecule has 1 aromatic heterocycles. The molecule has 36 heavy (non-hydrogen) atoms. The number of primary amides is 1. The van der Waals surface area contributed by atoms with E-state index in [1.165, 1.54) is 19.4 Å². The zero-order valence-corrected chi connectivity index (χ0v) is 19.8. The Morgan fingerprint density at radius 3 is 2.22 bits per heavy atom. The highest BCUT2D eigenvalue weighted by atomic mass is 16.4. The third-order valence-corrected chi connectivity index (χ3v) is 5.29. The van der Waals surface area contributed by atoms with Gasteiger partial charge in [-0.3, -0.25) is 19.2 Å². The first kappa shape index (κ1) is 28.0. The number of nitrogens with two attached hydrogens (primary N) is 2. The van der Waals surface area contributed by atoms with Gasteiger partial charge in [0.1, 0.15) is 18.1 Å². The fourth-order valence-corrected chi connectivity index (χ4v) is 3.29. The number of carbonyl (C=O) groups is 5. The maximum Gasteiger partial charge on any atom is 0.326 e. The molecule has 13 nitrogen and oxygen atoms in total. The number of rotatable bonds is 14. The molecule has 0 spiro atoms. The molecule has 1 heterocycles. The second kappa shape index (κ2) is 13.6. The van der Waals surface area contributed by atoms with Gasteiger partial charge in [-0.2, -0.15) is 0 Å². The molecule has 0 saturated heterocycles. The topological polar surface area (TPSA) is 222 Å². The van der Waals surface area contributed by atoms with E-state index in [-0.39, 0.29) is 25.7 Å². The lowest BCUT2D eigenvalue weighted by Crippen LogP contribution is -2.57. The molecule has 0 fully saturated rings. The van der Waals surface area contributed by atoms with Gasteiger partial charge in [-0.05, 0) is 25.3 Å². The molecule has 13 heteroatoms. The maximum absolute atomic E-state index is 12.9. The van der Waals surface area contributed by atoms with Crippen LogP contribution < -0.4 is 27.4 Å². The van der Waals surface area contributed by atoms with E-state index in [1.807, 2.05) is 30.3 Å². The van der Waals surface area contributed by atoms with Crippen molar-refractivity contribution < 1.29 is 29.1 Å². The number of carbonyl (C=O) groups excluding carboxylic acids is 4. The molecule has 4 amide bonds. The Balaban J connectivity index is 2.03. The minimum absolute atomic E-state index is 0.0338. The van der Waals surface area contributed by atoms with Crippen LogP contribution in [0.2, 0.25) is 0 Å². The summed E-state index contributed by atoms with van der Waals surface area (Å²) in [4.78, 5) is 67.3. The van der Waals surface area contributed by atoms with Crippen LogP contribution in [0.25, 0.3) is 0 Å². The van der Waals surface area contributed by atoms with Crippen LogP contribution in [0.1, 0.15) is 31.0 Å². The van der Waals surface area contributed by atoms with Gasteiger partial charge in [0, 0.05) is 24.7 Å². The summed E-state index contributed by atoms with van der Waals surface area (Å²) in [5.74, 6) is -4.10. The molecule has 9 N–H and O–H groups in total. The third-order valence-electron chi connectivity index (χ3n) is 5.29. The van der Waals surface area contributed by atoms with Crippen LogP contribution in [0.15, 0.2) is 42.9 Å². The summed E-state index contributed by atoms with van der Waals surface area (Å²) < 4.78 is 0. The predicted octanol–water partition coefficient (Wildman–Crippen LogP) is -1.65. The van der Waals surface area contributed by atoms with Gasteiger partial charge in [0.05, 0.1) is 12.4 Å². The Labute approximate surface area is 207 Å². The number of imidazole rings is 1.